The van der Waals surface area contributed by atoms with Crippen LogP contribution in [0.2, 0.25) is 0 Å². The van der Waals surface area contributed by atoms with E-state index >= 15 is 0 Å². The third kappa shape index (κ3) is 1.94. The lowest BCUT2D eigenvalue weighted by molar-refractivity contribution is 0.0923. The van der Waals surface area contributed by atoms with Crippen LogP contribution in [0, 0.1) is 0 Å². The summed E-state index contributed by atoms with van der Waals surface area (Å²) in [5.74, 6) is -0.446. The first-order chi connectivity index (χ1) is 7.02. The van der Waals surface area contributed by atoms with Crippen LogP contribution in [0.15, 0.2) is 22.5 Å². The Balaban J connectivity index is 2.36. The van der Waals surface area contributed by atoms with Gasteiger partial charge in [0.05, 0.1) is 17.7 Å². The Kier molecular flexibility index (Phi) is 2.83. The molecule has 2 atom stereocenters. The number of nitrogens with one attached hydrogen (secondary N) is 1. The molecule has 1 unspecified atom stereocenters. The summed E-state index contributed by atoms with van der Waals surface area (Å²) in [7, 11) is 0. The summed E-state index contributed by atoms with van der Waals surface area (Å²) in [5, 5.41) is -0.0505. The van der Waals surface area contributed by atoms with Gasteiger partial charge in [-0.25, -0.2) is 8.78 Å². The topological polar surface area (TPSA) is 21.3 Å². The van der Waals surface area contributed by atoms with Gasteiger partial charge in [-0.3, -0.25) is 0 Å². The van der Waals surface area contributed by atoms with E-state index in [1.807, 2.05) is 0 Å². The Morgan fingerprint density at radius 3 is 3.00 bits per heavy atom. The number of halogens is 3. The van der Waals surface area contributed by atoms with Crippen LogP contribution in [0.5, 0.6) is 0 Å². The molecule has 84 valence electrons. The van der Waals surface area contributed by atoms with Crippen LogP contribution in [0.4, 0.5) is 8.78 Å². The molecule has 2 aliphatic rings. The van der Waals surface area contributed by atoms with E-state index in [9.17, 15) is 8.78 Å². The largest absolute Gasteiger partial charge is 0.301 e. The summed E-state index contributed by atoms with van der Waals surface area (Å²) in [6, 6.07) is -0.343. The van der Waals surface area contributed by atoms with Crippen LogP contribution in [0.25, 0.3) is 0 Å². The minimum atomic E-state index is -1.67. The zero-order valence-corrected chi connectivity index (χ0v) is 9.07. The van der Waals surface area contributed by atoms with Gasteiger partial charge in [0.2, 0.25) is 0 Å². The van der Waals surface area contributed by atoms with Gasteiger partial charge in [0, 0.05) is 12.0 Å². The lowest BCUT2D eigenvalue weighted by Gasteiger charge is -2.27. The molecule has 1 aliphatic carbocycles. The van der Waals surface area contributed by atoms with Crippen LogP contribution in [-0.2, 0) is 4.84 Å². The molecular weight excluding hydrogens is 224 g/mol. The summed E-state index contributed by atoms with van der Waals surface area (Å²) < 4.78 is 27.4. The Hall–Kier alpha value is -0.450. The van der Waals surface area contributed by atoms with E-state index < -0.39 is 11.5 Å². The minimum Gasteiger partial charge on any atom is -0.301 e. The van der Waals surface area contributed by atoms with E-state index in [4.69, 9.17) is 16.4 Å². The predicted octanol–water partition coefficient (Wildman–Crippen LogP) is 2.76. The first-order valence-corrected chi connectivity index (χ1v) is 5.22. The van der Waals surface area contributed by atoms with E-state index in [0.29, 0.717) is 13.0 Å². The summed E-state index contributed by atoms with van der Waals surface area (Å²) >= 11 is 5.88. The van der Waals surface area contributed by atoms with E-state index in [2.05, 4.69) is 5.48 Å². The van der Waals surface area contributed by atoms with Gasteiger partial charge < -0.3 is 4.84 Å². The van der Waals surface area contributed by atoms with Gasteiger partial charge in [0.15, 0.2) is 0 Å². The first kappa shape index (κ1) is 11.0. The van der Waals surface area contributed by atoms with Crippen molar-refractivity contribution in [2.45, 2.75) is 31.5 Å². The van der Waals surface area contributed by atoms with E-state index in [1.54, 1.807) is 0 Å². The average molecular weight is 236 g/mol. The third-order valence-electron chi connectivity index (χ3n) is 2.70. The highest BCUT2D eigenvalue weighted by Crippen LogP contribution is 2.41. The molecule has 0 aromatic carbocycles. The first-order valence-electron chi connectivity index (χ1n) is 4.85. The van der Waals surface area contributed by atoms with Crippen molar-refractivity contribution in [3.05, 3.63) is 22.5 Å². The molecule has 1 saturated heterocycles. The minimum absolute atomic E-state index is 0.0191. The maximum Gasteiger partial charge on any atom is 0.147 e. The Morgan fingerprint density at radius 1 is 1.67 bits per heavy atom. The number of rotatable bonds is 1. The maximum atomic E-state index is 13.9. The fourth-order valence-corrected chi connectivity index (χ4v) is 2.08. The van der Waals surface area contributed by atoms with Crippen molar-refractivity contribution in [1.29, 1.82) is 0 Å². The van der Waals surface area contributed by atoms with Crippen molar-refractivity contribution in [3.63, 3.8) is 0 Å². The number of hydroxylamine groups is 1. The van der Waals surface area contributed by atoms with E-state index in [0.717, 1.165) is 0 Å². The molecular formula is C10H12ClF2NO. The molecule has 1 N–H and O–H groups in total. The van der Waals surface area contributed by atoms with Gasteiger partial charge in [-0.1, -0.05) is 11.6 Å². The average Bonchev–Trinajstić information content (AvgIpc) is 2.66. The Labute approximate surface area is 91.9 Å². The smallest absolute Gasteiger partial charge is 0.147 e. The van der Waals surface area contributed by atoms with Gasteiger partial charge in [0.1, 0.15) is 11.5 Å². The van der Waals surface area contributed by atoms with Crippen LogP contribution < -0.4 is 5.48 Å². The monoisotopic (exact) mass is 235 g/mol. The fraction of sp³-hybridized carbons (Fsp3) is 0.600. The highest BCUT2D eigenvalue weighted by molar-refractivity contribution is 6.31. The molecule has 0 aromatic rings. The van der Waals surface area contributed by atoms with Crippen molar-refractivity contribution in [2.75, 3.05) is 6.61 Å². The van der Waals surface area contributed by atoms with Crippen molar-refractivity contribution in [2.24, 2.45) is 0 Å². The predicted molar refractivity (Wildman–Crippen MR) is 53.7 cm³/mol. The Bertz CT molecular complexity index is 332. The highest BCUT2D eigenvalue weighted by atomic mass is 35.5. The van der Waals surface area contributed by atoms with Gasteiger partial charge in [0.25, 0.3) is 0 Å². The zero-order chi connectivity index (χ0) is 11.1. The van der Waals surface area contributed by atoms with Gasteiger partial charge >= 0.3 is 0 Å². The molecule has 15 heavy (non-hydrogen) atoms. The lowest BCUT2D eigenvalue weighted by Crippen LogP contribution is -2.30. The SMILES string of the molecule is CC1(F)CC=C(F)C([C@H]2CCON2)=C1Cl. The molecule has 5 heteroatoms. The van der Waals surface area contributed by atoms with Crippen LogP contribution in [0.1, 0.15) is 19.8 Å². The summed E-state index contributed by atoms with van der Waals surface area (Å²) in [6.45, 7) is 1.84. The molecule has 1 fully saturated rings. The summed E-state index contributed by atoms with van der Waals surface area (Å²) in [5.41, 5.74) is 1.16. The highest BCUT2D eigenvalue weighted by Gasteiger charge is 2.38. The second-order valence-corrected chi connectivity index (χ2v) is 4.37. The zero-order valence-electron chi connectivity index (χ0n) is 8.32. The molecule has 0 radical (unpaired) electrons. The molecule has 1 aliphatic heterocycles. The normalized spacial score (nSPS) is 37.1. The number of allylic oxidation sites excluding steroid dienone is 2. The summed E-state index contributed by atoms with van der Waals surface area (Å²) in [4.78, 5) is 4.92. The van der Waals surface area contributed by atoms with E-state index in [1.165, 1.54) is 13.0 Å². The second-order valence-electron chi connectivity index (χ2n) is 3.99. The van der Waals surface area contributed by atoms with Gasteiger partial charge in [-0.05, 0) is 19.4 Å². The van der Waals surface area contributed by atoms with Crippen molar-refractivity contribution >= 4 is 11.6 Å². The van der Waals surface area contributed by atoms with Crippen molar-refractivity contribution in [3.8, 4) is 0 Å². The molecule has 2 rings (SSSR count). The maximum absolute atomic E-state index is 13.9. The molecule has 0 bridgehead atoms. The lowest BCUT2D eigenvalue weighted by atomic mass is 9.89. The molecule has 0 aromatic heterocycles. The van der Waals surface area contributed by atoms with Gasteiger partial charge in [-0.2, -0.15) is 5.48 Å². The van der Waals surface area contributed by atoms with Crippen LogP contribution in [-0.4, -0.2) is 18.3 Å². The van der Waals surface area contributed by atoms with Crippen molar-refractivity contribution in [1.82, 2.24) is 5.48 Å². The van der Waals surface area contributed by atoms with Crippen LogP contribution in [0.3, 0.4) is 0 Å². The molecule has 1 heterocycles. The number of hydrogen-bond acceptors (Lipinski definition) is 2. The molecule has 0 spiro atoms. The standard InChI is InChI=1S/C10H12ClF2NO/c1-10(13)4-2-6(12)8(9(10)11)7-3-5-15-14-7/h2,7,14H,3-5H2,1H3/t7-,10?/m1/s1. The Morgan fingerprint density at radius 2 is 2.40 bits per heavy atom. The van der Waals surface area contributed by atoms with Gasteiger partial charge in [-0.15, -0.1) is 0 Å². The number of hydrogen-bond donors (Lipinski definition) is 1. The summed E-state index contributed by atoms with van der Waals surface area (Å²) in [6.07, 6.45) is 1.82. The molecule has 2 nitrogen and oxygen atoms in total. The number of alkyl halides is 1. The molecule has 0 saturated carbocycles. The quantitative estimate of drug-likeness (QED) is 0.755. The third-order valence-corrected chi connectivity index (χ3v) is 3.30. The van der Waals surface area contributed by atoms with Crippen LogP contribution >= 0.6 is 11.6 Å². The fourth-order valence-electron chi connectivity index (χ4n) is 1.78. The second kappa shape index (κ2) is 3.85. The molecule has 0 amide bonds. The van der Waals surface area contributed by atoms with Crippen molar-refractivity contribution < 1.29 is 13.6 Å². The van der Waals surface area contributed by atoms with E-state index in [-0.39, 0.29) is 23.1 Å².